The summed E-state index contributed by atoms with van der Waals surface area (Å²) in [6, 6.07) is 20.4. The third-order valence-electron chi connectivity index (χ3n) is 5.81. The molecule has 3 rings (SSSR count). The van der Waals surface area contributed by atoms with E-state index in [0.29, 0.717) is 24.1 Å². The number of aryl methyl sites for hydroxylation is 1. The molecule has 0 saturated carbocycles. The Bertz CT molecular complexity index is 1280. The first-order valence-electron chi connectivity index (χ1n) is 12.2. The van der Waals surface area contributed by atoms with Crippen LogP contribution in [0.1, 0.15) is 43.0 Å². The summed E-state index contributed by atoms with van der Waals surface area (Å²) in [6.07, 6.45) is 0.459. The predicted molar refractivity (Wildman–Crippen MR) is 140 cm³/mol. The first-order chi connectivity index (χ1) is 17.7. The van der Waals surface area contributed by atoms with Crippen molar-refractivity contribution in [3.05, 3.63) is 101 Å². The second-order valence-corrected chi connectivity index (χ2v) is 10.3. The van der Waals surface area contributed by atoms with Gasteiger partial charge >= 0.3 is 0 Å². The molecule has 0 aromatic heterocycles. The quantitative estimate of drug-likeness (QED) is 0.374. The summed E-state index contributed by atoms with van der Waals surface area (Å²) in [5.41, 5.74) is 2.15. The average Bonchev–Trinajstić information content (AvgIpc) is 2.89. The molecule has 3 aromatic rings. The summed E-state index contributed by atoms with van der Waals surface area (Å²) in [7, 11) is -3.56. The maximum atomic E-state index is 13.6. The van der Waals surface area contributed by atoms with Gasteiger partial charge in [-0.15, -0.1) is 0 Å². The number of nitrogens with zero attached hydrogens (tertiary/aromatic N) is 1. The van der Waals surface area contributed by atoms with Gasteiger partial charge in [-0.1, -0.05) is 61.5 Å². The molecule has 0 heterocycles. The van der Waals surface area contributed by atoms with Crippen molar-refractivity contribution < 1.29 is 22.4 Å². The number of hydrogen-bond acceptors (Lipinski definition) is 4. The Labute approximate surface area is 217 Å². The van der Waals surface area contributed by atoms with Crippen molar-refractivity contribution in [1.82, 2.24) is 14.9 Å². The van der Waals surface area contributed by atoms with Gasteiger partial charge in [0.2, 0.25) is 21.8 Å². The highest BCUT2D eigenvalue weighted by molar-refractivity contribution is 7.89. The summed E-state index contributed by atoms with van der Waals surface area (Å²) in [5, 5.41) is 2.82. The summed E-state index contributed by atoms with van der Waals surface area (Å²) in [5.74, 6) is -0.944. The zero-order valence-corrected chi connectivity index (χ0v) is 21.8. The SMILES string of the molecule is CCNC(=O)C(c1ccccc1)N(Cc1ccc(F)cc1)C(=O)CCc1ccc(S(=O)(=O)NCC)cc1. The summed E-state index contributed by atoms with van der Waals surface area (Å²) in [4.78, 5) is 28.4. The molecule has 0 spiro atoms. The Morgan fingerprint density at radius 1 is 0.865 bits per heavy atom. The molecule has 1 atom stereocenters. The minimum absolute atomic E-state index is 0.100. The van der Waals surface area contributed by atoms with Crippen molar-refractivity contribution in [3.8, 4) is 0 Å². The van der Waals surface area contributed by atoms with Crippen LogP contribution in [-0.2, 0) is 32.6 Å². The Balaban J connectivity index is 1.86. The number of nitrogens with one attached hydrogen (secondary N) is 2. The molecule has 3 aromatic carbocycles. The van der Waals surface area contributed by atoms with Gasteiger partial charge in [0.1, 0.15) is 11.9 Å². The molecule has 7 nitrogen and oxygen atoms in total. The Morgan fingerprint density at radius 2 is 1.49 bits per heavy atom. The molecule has 37 heavy (non-hydrogen) atoms. The lowest BCUT2D eigenvalue weighted by molar-refractivity contribution is -0.141. The van der Waals surface area contributed by atoms with Crippen LogP contribution in [0, 0.1) is 5.82 Å². The molecule has 0 aliphatic carbocycles. The maximum Gasteiger partial charge on any atom is 0.247 e. The second-order valence-electron chi connectivity index (χ2n) is 8.50. The van der Waals surface area contributed by atoms with E-state index in [4.69, 9.17) is 0 Å². The number of sulfonamides is 1. The normalized spacial score (nSPS) is 12.1. The van der Waals surface area contributed by atoms with Crippen LogP contribution >= 0.6 is 0 Å². The average molecular weight is 526 g/mol. The standard InChI is InChI=1S/C28H32FN3O4S/c1-3-30-28(34)27(23-8-6-5-7-9-23)32(20-22-10-15-24(29)16-11-22)26(33)19-14-21-12-17-25(18-13-21)37(35,36)31-4-2/h5-13,15-18,27,31H,3-4,14,19-20H2,1-2H3,(H,30,34). The monoisotopic (exact) mass is 525 g/mol. The van der Waals surface area contributed by atoms with Crippen molar-refractivity contribution in [1.29, 1.82) is 0 Å². The zero-order chi connectivity index (χ0) is 26.8. The van der Waals surface area contributed by atoms with E-state index >= 15 is 0 Å². The van der Waals surface area contributed by atoms with E-state index in [-0.39, 0.29) is 42.0 Å². The Hall–Kier alpha value is -3.56. The molecular weight excluding hydrogens is 493 g/mol. The lowest BCUT2D eigenvalue weighted by atomic mass is 10.0. The fraction of sp³-hybridized carbons (Fsp3) is 0.286. The highest BCUT2D eigenvalue weighted by atomic mass is 32.2. The highest BCUT2D eigenvalue weighted by Gasteiger charge is 2.31. The number of halogens is 1. The van der Waals surface area contributed by atoms with Crippen LogP contribution in [0.5, 0.6) is 0 Å². The molecule has 0 saturated heterocycles. The van der Waals surface area contributed by atoms with Gasteiger partial charge in [0.15, 0.2) is 0 Å². The van der Waals surface area contributed by atoms with Gasteiger partial charge < -0.3 is 10.2 Å². The van der Waals surface area contributed by atoms with E-state index in [1.165, 1.54) is 29.2 Å². The van der Waals surface area contributed by atoms with Crippen molar-refractivity contribution >= 4 is 21.8 Å². The summed E-state index contributed by atoms with van der Waals surface area (Å²) < 4.78 is 40.3. The fourth-order valence-corrected chi connectivity index (χ4v) is 5.03. The third-order valence-corrected chi connectivity index (χ3v) is 7.37. The number of rotatable bonds is 12. The van der Waals surface area contributed by atoms with E-state index in [2.05, 4.69) is 10.0 Å². The molecule has 196 valence electrons. The van der Waals surface area contributed by atoms with E-state index in [0.717, 1.165) is 5.56 Å². The molecule has 0 radical (unpaired) electrons. The minimum Gasteiger partial charge on any atom is -0.354 e. The summed E-state index contributed by atoms with van der Waals surface area (Å²) >= 11 is 0. The van der Waals surface area contributed by atoms with Crippen LogP contribution in [0.25, 0.3) is 0 Å². The number of carbonyl (C=O) groups is 2. The molecule has 0 aliphatic heterocycles. The molecule has 2 N–H and O–H groups in total. The second kappa shape index (κ2) is 13.1. The predicted octanol–water partition coefficient (Wildman–Crippen LogP) is 3.96. The Kier molecular flexibility index (Phi) is 9.93. The van der Waals surface area contributed by atoms with Crippen LogP contribution in [0.2, 0.25) is 0 Å². The van der Waals surface area contributed by atoms with Crippen LogP contribution in [0.4, 0.5) is 4.39 Å². The minimum atomic E-state index is -3.56. The smallest absolute Gasteiger partial charge is 0.247 e. The number of likely N-dealkylation sites (N-methyl/N-ethyl adjacent to an activating group) is 1. The number of carbonyl (C=O) groups excluding carboxylic acids is 2. The molecule has 2 amide bonds. The molecule has 0 bridgehead atoms. The van der Waals surface area contributed by atoms with Crippen molar-refractivity contribution in [2.24, 2.45) is 0 Å². The van der Waals surface area contributed by atoms with Crippen molar-refractivity contribution in [3.63, 3.8) is 0 Å². The first-order valence-corrected chi connectivity index (χ1v) is 13.7. The molecule has 0 aliphatic rings. The van der Waals surface area contributed by atoms with Gasteiger partial charge in [-0.2, -0.15) is 0 Å². The van der Waals surface area contributed by atoms with Gasteiger partial charge in [0.25, 0.3) is 0 Å². The van der Waals surface area contributed by atoms with Crippen molar-refractivity contribution in [2.75, 3.05) is 13.1 Å². The van der Waals surface area contributed by atoms with Gasteiger partial charge in [0.05, 0.1) is 4.90 Å². The lowest BCUT2D eigenvalue weighted by Gasteiger charge is -2.31. The maximum absolute atomic E-state index is 13.6. The summed E-state index contributed by atoms with van der Waals surface area (Å²) in [6.45, 7) is 4.33. The topological polar surface area (TPSA) is 95.6 Å². The number of hydrogen-bond donors (Lipinski definition) is 2. The molecule has 0 fully saturated rings. The van der Waals surface area contributed by atoms with Crippen LogP contribution in [-0.4, -0.2) is 38.2 Å². The van der Waals surface area contributed by atoms with Gasteiger partial charge in [-0.05, 0) is 54.3 Å². The zero-order valence-electron chi connectivity index (χ0n) is 21.0. The lowest BCUT2D eigenvalue weighted by Crippen LogP contribution is -2.43. The largest absolute Gasteiger partial charge is 0.354 e. The van der Waals surface area contributed by atoms with Crippen molar-refractivity contribution in [2.45, 2.75) is 44.2 Å². The Morgan fingerprint density at radius 3 is 2.08 bits per heavy atom. The van der Waals surface area contributed by atoms with Gasteiger partial charge in [-0.25, -0.2) is 17.5 Å². The van der Waals surface area contributed by atoms with Gasteiger partial charge in [0, 0.05) is 26.1 Å². The first kappa shape index (κ1) is 28.0. The fourth-order valence-electron chi connectivity index (χ4n) is 3.99. The van der Waals surface area contributed by atoms with E-state index in [1.807, 2.05) is 25.1 Å². The van der Waals surface area contributed by atoms with Crippen LogP contribution < -0.4 is 10.0 Å². The van der Waals surface area contributed by atoms with Crippen LogP contribution in [0.3, 0.4) is 0 Å². The van der Waals surface area contributed by atoms with E-state index < -0.39 is 16.1 Å². The van der Waals surface area contributed by atoms with Crippen LogP contribution in [0.15, 0.2) is 83.8 Å². The van der Waals surface area contributed by atoms with E-state index in [1.54, 1.807) is 43.3 Å². The van der Waals surface area contributed by atoms with Gasteiger partial charge in [-0.3, -0.25) is 9.59 Å². The molecule has 9 heteroatoms. The molecular formula is C28H32FN3O4S. The van der Waals surface area contributed by atoms with E-state index in [9.17, 15) is 22.4 Å². The highest BCUT2D eigenvalue weighted by Crippen LogP contribution is 2.25. The number of amides is 2. The third kappa shape index (κ3) is 7.71. The molecule has 1 unspecified atom stereocenters. The number of benzene rings is 3.